The molecule has 19 heavy (non-hydrogen) atoms. The SMILES string of the molecule is COc1ccc(C)cc1CNCC1(C(=O)O)COC1. The molecule has 1 aromatic carbocycles. The molecule has 1 aliphatic rings. The highest BCUT2D eigenvalue weighted by molar-refractivity contribution is 5.76. The first kappa shape index (κ1) is 13.8. The van der Waals surface area contributed by atoms with Crippen LogP contribution in [0.2, 0.25) is 0 Å². The molecule has 2 rings (SSSR count). The fourth-order valence-electron chi connectivity index (χ4n) is 2.13. The Hall–Kier alpha value is -1.59. The lowest BCUT2D eigenvalue weighted by Gasteiger charge is -2.37. The maximum Gasteiger partial charge on any atom is 0.315 e. The summed E-state index contributed by atoms with van der Waals surface area (Å²) in [5.41, 5.74) is 1.41. The molecular weight excluding hydrogens is 246 g/mol. The zero-order chi connectivity index (χ0) is 13.9. The van der Waals surface area contributed by atoms with E-state index < -0.39 is 11.4 Å². The monoisotopic (exact) mass is 265 g/mol. The van der Waals surface area contributed by atoms with Gasteiger partial charge < -0.3 is 19.9 Å². The van der Waals surface area contributed by atoms with E-state index in [-0.39, 0.29) is 13.2 Å². The lowest BCUT2D eigenvalue weighted by Crippen LogP contribution is -2.55. The summed E-state index contributed by atoms with van der Waals surface area (Å²) < 4.78 is 10.3. The minimum absolute atomic E-state index is 0.278. The molecule has 0 unspecified atom stereocenters. The highest BCUT2D eigenvalue weighted by Gasteiger charge is 2.45. The van der Waals surface area contributed by atoms with Gasteiger partial charge in [-0.05, 0) is 13.0 Å². The maximum absolute atomic E-state index is 11.2. The lowest BCUT2D eigenvalue weighted by atomic mass is 9.86. The summed E-state index contributed by atoms with van der Waals surface area (Å²) in [5, 5.41) is 12.4. The summed E-state index contributed by atoms with van der Waals surface area (Å²) in [5.74, 6) is 0.00907. The van der Waals surface area contributed by atoms with E-state index in [9.17, 15) is 9.90 Å². The van der Waals surface area contributed by atoms with Gasteiger partial charge in [-0.1, -0.05) is 17.7 Å². The topological polar surface area (TPSA) is 67.8 Å². The summed E-state index contributed by atoms with van der Waals surface area (Å²) in [6.45, 7) is 3.56. The van der Waals surface area contributed by atoms with Crippen LogP contribution in [0.5, 0.6) is 5.75 Å². The van der Waals surface area contributed by atoms with Gasteiger partial charge in [0.25, 0.3) is 0 Å². The number of nitrogens with one attached hydrogen (secondary N) is 1. The third-order valence-electron chi connectivity index (χ3n) is 3.43. The molecule has 0 radical (unpaired) electrons. The minimum Gasteiger partial charge on any atom is -0.496 e. The smallest absolute Gasteiger partial charge is 0.315 e. The van der Waals surface area contributed by atoms with Gasteiger partial charge in [-0.15, -0.1) is 0 Å². The maximum atomic E-state index is 11.2. The molecule has 0 saturated carbocycles. The zero-order valence-corrected chi connectivity index (χ0v) is 11.2. The molecule has 1 fully saturated rings. The number of methoxy groups -OCH3 is 1. The standard InChI is InChI=1S/C14H19NO4/c1-10-3-4-12(18-2)11(5-10)6-15-7-14(13(16)17)8-19-9-14/h3-5,15H,6-9H2,1-2H3,(H,16,17). The molecule has 0 spiro atoms. The molecular formula is C14H19NO4. The van der Waals surface area contributed by atoms with E-state index >= 15 is 0 Å². The summed E-state index contributed by atoms with van der Waals surface area (Å²) in [7, 11) is 1.63. The third kappa shape index (κ3) is 2.88. The highest BCUT2D eigenvalue weighted by atomic mass is 16.5. The summed E-state index contributed by atoms with van der Waals surface area (Å²) in [6, 6.07) is 5.95. The van der Waals surface area contributed by atoms with E-state index in [4.69, 9.17) is 9.47 Å². The Labute approximate surface area is 112 Å². The van der Waals surface area contributed by atoms with Crippen molar-refractivity contribution >= 4 is 5.97 Å². The number of carbonyl (C=O) groups is 1. The van der Waals surface area contributed by atoms with E-state index in [1.807, 2.05) is 25.1 Å². The molecule has 104 valence electrons. The molecule has 0 atom stereocenters. The predicted molar refractivity (Wildman–Crippen MR) is 70.3 cm³/mol. The van der Waals surface area contributed by atoms with E-state index in [2.05, 4.69) is 5.32 Å². The van der Waals surface area contributed by atoms with Gasteiger partial charge in [-0.3, -0.25) is 4.79 Å². The van der Waals surface area contributed by atoms with E-state index in [1.54, 1.807) is 7.11 Å². The van der Waals surface area contributed by atoms with Crippen molar-refractivity contribution in [2.45, 2.75) is 13.5 Å². The van der Waals surface area contributed by atoms with Crippen molar-refractivity contribution in [3.8, 4) is 5.75 Å². The van der Waals surface area contributed by atoms with Gasteiger partial charge >= 0.3 is 5.97 Å². The average Bonchev–Trinajstić information content (AvgIpc) is 2.32. The molecule has 1 saturated heterocycles. The van der Waals surface area contributed by atoms with E-state index in [1.165, 1.54) is 0 Å². The quantitative estimate of drug-likeness (QED) is 0.809. The fraction of sp³-hybridized carbons (Fsp3) is 0.500. The van der Waals surface area contributed by atoms with E-state index in [0.29, 0.717) is 13.1 Å². The summed E-state index contributed by atoms with van der Waals surface area (Å²) in [6.07, 6.45) is 0. The first-order valence-electron chi connectivity index (χ1n) is 6.23. The Bertz CT molecular complexity index is 469. The number of hydrogen-bond acceptors (Lipinski definition) is 4. The number of aryl methyl sites for hydroxylation is 1. The lowest BCUT2D eigenvalue weighted by molar-refractivity contribution is -0.178. The van der Waals surface area contributed by atoms with Gasteiger partial charge in [0, 0.05) is 18.7 Å². The normalized spacial score (nSPS) is 16.7. The van der Waals surface area contributed by atoms with Crippen molar-refractivity contribution in [1.82, 2.24) is 5.32 Å². The second-order valence-electron chi connectivity index (χ2n) is 5.00. The molecule has 1 aliphatic heterocycles. The van der Waals surface area contributed by atoms with Crippen LogP contribution in [0.4, 0.5) is 0 Å². The second kappa shape index (κ2) is 5.59. The van der Waals surface area contributed by atoms with Crippen LogP contribution in [0, 0.1) is 12.3 Å². The van der Waals surface area contributed by atoms with E-state index in [0.717, 1.165) is 16.9 Å². The number of carboxylic acid groups (broad SMARTS) is 1. The molecule has 0 bridgehead atoms. The molecule has 0 amide bonds. The number of ether oxygens (including phenoxy) is 2. The molecule has 2 N–H and O–H groups in total. The van der Waals surface area contributed by atoms with Crippen molar-refractivity contribution in [1.29, 1.82) is 0 Å². The average molecular weight is 265 g/mol. The van der Waals surface area contributed by atoms with Gasteiger partial charge in [-0.25, -0.2) is 0 Å². The van der Waals surface area contributed by atoms with Gasteiger partial charge in [0.05, 0.1) is 20.3 Å². The van der Waals surface area contributed by atoms with Crippen LogP contribution in [-0.4, -0.2) is 37.9 Å². The van der Waals surface area contributed by atoms with Crippen molar-refractivity contribution in [2.24, 2.45) is 5.41 Å². The van der Waals surface area contributed by atoms with Crippen LogP contribution in [0.25, 0.3) is 0 Å². The number of benzene rings is 1. The Balaban J connectivity index is 1.95. The van der Waals surface area contributed by atoms with Crippen molar-refractivity contribution < 1.29 is 19.4 Å². The molecule has 5 heteroatoms. The first-order valence-corrected chi connectivity index (χ1v) is 6.23. The molecule has 1 aromatic rings. The largest absolute Gasteiger partial charge is 0.496 e. The van der Waals surface area contributed by atoms with Gasteiger partial charge in [0.15, 0.2) is 0 Å². The first-order chi connectivity index (χ1) is 9.07. The van der Waals surface area contributed by atoms with Crippen LogP contribution in [0.3, 0.4) is 0 Å². The Morgan fingerprint density at radius 1 is 1.53 bits per heavy atom. The van der Waals surface area contributed by atoms with Crippen molar-refractivity contribution in [3.63, 3.8) is 0 Å². The minimum atomic E-state index is -0.803. The zero-order valence-electron chi connectivity index (χ0n) is 11.2. The van der Waals surface area contributed by atoms with Crippen LogP contribution < -0.4 is 10.1 Å². The third-order valence-corrected chi connectivity index (χ3v) is 3.43. The number of rotatable bonds is 6. The van der Waals surface area contributed by atoms with Gasteiger partial charge in [0.2, 0.25) is 0 Å². The Morgan fingerprint density at radius 3 is 2.79 bits per heavy atom. The number of hydrogen-bond donors (Lipinski definition) is 2. The van der Waals surface area contributed by atoms with Crippen LogP contribution in [0.1, 0.15) is 11.1 Å². The molecule has 1 heterocycles. The fourth-order valence-corrected chi connectivity index (χ4v) is 2.13. The van der Waals surface area contributed by atoms with Gasteiger partial charge in [-0.2, -0.15) is 0 Å². The number of carboxylic acids is 1. The summed E-state index contributed by atoms with van der Waals surface area (Å²) in [4.78, 5) is 11.2. The molecule has 0 aromatic heterocycles. The Kier molecular flexibility index (Phi) is 4.07. The van der Waals surface area contributed by atoms with Crippen LogP contribution in [0.15, 0.2) is 18.2 Å². The highest BCUT2D eigenvalue weighted by Crippen LogP contribution is 2.27. The molecule has 0 aliphatic carbocycles. The van der Waals surface area contributed by atoms with Crippen molar-refractivity contribution in [2.75, 3.05) is 26.9 Å². The number of aliphatic carboxylic acids is 1. The predicted octanol–water partition coefficient (Wildman–Crippen LogP) is 1.19. The molecule has 5 nitrogen and oxygen atoms in total. The van der Waals surface area contributed by atoms with Gasteiger partial charge in [0.1, 0.15) is 11.2 Å². The summed E-state index contributed by atoms with van der Waals surface area (Å²) >= 11 is 0. The van der Waals surface area contributed by atoms with Crippen molar-refractivity contribution in [3.05, 3.63) is 29.3 Å². The van der Waals surface area contributed by atoms with Crippen LogP contribution in [-0.2, 0) is 16.1 Å². The van der Waals surface area contributed by atoms with Crippen LogP contribution >= 0.6 is 0 Å². The second-order valence-corrected chi connectivity index (χ2v) is 5.00. The Morgan fingerprint density at radius 2 is 2.26 bits per heavy atom.